The Morgan fingerprint density at radius 1 is 1.00 bits per heavy atom. The summed E-state index contributed by atoms with van der Waals surface area (Å²) in [6.07, 6.45) is -1.58. The second kappa shape index (κ2) is 5.63. The van der Waals surface area contributed by atoms with E-state index < -0.39 is 11.7 Å². The SMILES string of the molecule is NC1(C(F)(F)F)C=CN=CC1.c1ccccc1. The van der Waals surface area contributed by atoms with Crippen molar-refractivity contribution in [2.75, 3.05) is 0 Å². The van der Waals surface area contributed by atoms with Crippen molar-refractivity contribution in [3.05, 3.63) is 48.7 Å². The Morgan fingerprint density at radius 2 is 1.47 bits per heavy atom. The highest BCUT2D eigenvalue weighted by Gasteiger charge is 2.49. The number of halogens is 3. The maximum Gasteiger partial charge on any atom is 0.410 e. The lowest BCUT2D eigenvalue weighted by Crippen LogP contribution is -2.52. The minimum absolute atomic E-state index is 0.285. The van der Waals surface area contributed by atoms with E-state index in [9.17, 15) is 13.2 Å². The van der Waals surface area contributed by atoms with Gasteiger partial charge in [-0.3, -0.25) is 4.99 Å². The van der Waals surface area contributed by atoms with Crippen LogP contribution in [0.2, 0.25) is 0 Å². The van der Waals surface area contributed by atoms with Gasteiger partial charge in [-0.25, -0.2) is 0 Å². The van der Waals surface area contributed by atoms with E-state index in [4.69, 9.17) is 5.73 Å². The number of alkyl halides is 3. The Hall–Kier alpha value is -1.62. The summed E-state index contributed by atoms with van der Waals surface area (Å²) in [7, 11) is 0. The predicted octanol–water partition coefficient (Wildman–Crippen LogP) is 2.92. The monoisotopic (exact) mass is 242 g/mol. The van der Waals surface area contributed by atoms with Gasteiger partial charge in [0.1, 0.15) is 5.54 Å². The molecule has 92 valence electrons. The van der Waals surface area contributed by atoms with Gasteiger partial charge in [0.05, 0.1) is 0 Å². The molecule has 0 amide bonds. The highest BCUT2D eigenvalue weighted by Crippen LogP contribution is 2.32. The van der Waals surface area contributed by atoms with Crippen LogP contribution in [0.15, 0.2) is 53.7 Å². The minimum atomic E-state index is -4.39. The Kier molecular flexibility index (Phi) is 4.45. The summed E-state index contributed by atoms with van der Waals surface area (Å²) in [6.45, 7) is 0. The lowest BCUT2D eigenvalue weighted by atomic mass is 9.95. The van der Waals surface area contributed by atoms with Crippen LogP contribution >= 0.6 is 0 Å². The molecule has 0 radical (unpaired) electrons. The highest BCUT2D eigenvalue weighted by molar-refractivity contribution is 5.62. The first-order valence-corrected chi connectivity index (χ1v) is 5.01. The summed E-state index contributed by atoms with van der Waals surface area (Å²) in [4.78, 5) is 3.50. The van der Waals surface area contributed by atoms with Crippen molar-refractivity contribution < 1.29 is 13.2 Å². The molecule has 0 aromatic heterocycles. The van der Waals surface area contributed by atoms with Crippen molar-refractivity contribution in [1.82, 2.24) is 0 Å². The number of aliphatic imine (C=N–C) groups is 1. The summed E-state index contributed by atoms with van der Waals surface area (Å²) >= 11 is 0. The molecule has 0 saturated heterocycles. The number of nitrogens with zero attached hydrogens (tertiary/aromatic N) is 1. The van der Waals surface area contributed by atoms with E-state index in [1.165, 1.54) is 0 Å². The maximum absolute atomic E-state index is 12.1. The Balaban J connectivity index is 0.000000202. The number of rotatable bonds is 0. The van der Waals surface area contributed by atoms with Crippen molar-refractivity contribution in [2.24, 2.45) is 10.7 Å². The molecule has 1 aliphatic heterocycles. The van der Waals surface area contributed by atoms with Crippen molar-refractivity contribution >= 4 is 6.21 Å². The quantitative estimate of drug-likeness (QED) is 0.746. The van der Waals surface area contributed by atoms with Gasteiger partial charge in [-0.15, -0.1) is 0 Å². The zero-order chi connectivity index (χ0) is 12.8. The Morgan fingerprint density at radius 3 is 1.71 bits per heavy atom. The van der Waals surface area contributed by atoms with Gasteiger partial charge in [-0.2, -0.15) is 13.2 Å². The molecule has 0 spiro atoms. The van der Waals surface area contributed by atoms with Gasteiger partial charge in [0.15, 0.2) is 0 Å². The number of hydrogen-bond acceptors (Lipinski definition) is 2. The van der Waals surface area contributed by atoms with Gasteiger partial charge < -0.3 is 5.73 Å². The third-order valence-corrected chi connectivity index (χ3v) is 2.19. The molecule has 1 aromatic rings. The van der Waals surface area contributed by atoms with Crippen molar-refractivity contribution in [3.8, 4) is 0 Å². The average Bonchev–Trinajstić information content (AvgIpc) is 2.32. The van der Waals surface area contributed by atoms with Gasteiger partial charge in [0.25, 0.3) is 0 Å². The van der Waals surface area contributed by atoms with Crippen molar-refractivity contribution in [1.29, 1.82) is 0 Å². The molecule has 0 aliphatic carbocycles. The van der Waals surface area contributed by atoms with Crippen LogP contribution in [0, 0.1) is 0 Å². The van der Waals surface area contributed by atoms with Gasteiger partial charge in [0.2, 0.25) is 0 Å². The summed E-state index contributed by atoms with van der Waals surface area (Å²) < 4.78 is 36.3. The zero-order valence-electron chi connectivity index (χ0n) is 9.06. The van der Waals surface area contributed by atoms with E-state index in [2.05, 4.69) is 4.99 Å². The summed E-state index contributed by atoms with van der Waals surface area (Å²) in [5, 5.41) is 0. The Bertz CT molecular complexity index is 358. The molecule has 0 fully saturated rings. The first-order chi connectivity index (χ1) is 7.96. The summed E-state index contributed by atoms with van der Waals surface area (Å²) in [5.74, 6) is 0. The lowest BCUT2D eigenvalue weighted by Gasteiger charge is -2.28. The molecule has 0 bridgehead atoms. The molecule has 5 heteroatoms. The fourth-order valence-electron chi connectivity index (χ4n) is 1.10. The first kappa shape index (κ1) is 13.4. The van der Waals surface area contributed by atoms with Crippen LogP contribution in [0.5, 0.6) is 0 Å². The number of hydrogen-bond donors (Lipinski definition) is 1. The van der Waals surface area contributed by atoms with Crippen molar-refractivity contribution in [3.63, 3.8) is 0 Å². The second-order valence-corrected chi connectivity index (χ2v) is 3.54. The number of benzene rings is 1. The molecule has 1 heterocycles. The van der Waals surface area contributed by atoms with Crippen LogP contribution in [0.1, 0.15) is 6.42 Å². The average molecular weight is 242 g/mol. The van der Waals surface area contributed by atoms with E-state index in [0.717, 1.165) is 18.5 Å². The molecule has 1 atom stereocenters. The van der Waals surface area contributed by atoms with Gasteiger partial charge in [-0.1, -0.05) is 36.4 Å². The highest BCUT2D eigenvalue weighted by atomic mass is 19.4. The molecule has 0 saturated carbocycles. The maximum atomic E-state index is 12.1. The topological polar surface area (TPSA) is 38.4 Å². The molecule has 17 heavy (non-hydrogen) atoms. The van der Waals surface area contributed by atoms with Crippen LogP contribution in [0.4, 0.5) is 13.2 Å². The molecule has 2 N–H and O–H groups in total. The third kappa shape index (κ3) is 4.03. The van der Waals surface area contributed by atoms with E-state index in [1.807, 2.05) is 36.4 Å². The van der Waals surface area contributed by atoms with Crippen LogP contribution in [-0.4, -0.2) is 17.9 Å². The van der Waals surface area contributed by atoms with E-state index in [1.54, 1.807) is 0 Å². The van der Waals surface area contributed by atoms with Gasteiger partial charge >= 0.3 is 6.18 Å². The molecule has 1 aliphatic rings. The third-order valence-electron chi connectivity index (χ3n) is 2.19. The predicted molar refractivity (Wildman–Crippen MR) is 61.7 cm³/mol. The Labute approximate surface area is 97.7 Å². The normalized spacial score (nSPS) is 22.8. The largest absolute Gasteiger partial charge is 0.410 e. The van der Waals surface area contributed by atoms with Crippen LogP contribution in [0.25, 0.3) is 0 Å². The summed E-state index contributed by atoms with van der Waals surface area (Å²) in [6, 6.07) is 12.0. The fraction of sp³-hybridized carbons (Fsp3) is 0.250. The van der Waals surface area contributed by atoms with Crippen molar-refractivity contribution in [2.45, 2.75) is 18.1 Å². The first-order valence-electron chi connectivity index (χ1n) is 5.01. The van der Waals surface area contributed by atoms with E-state index in [0.29, 0.717) is 0 Å². The molecule has 1 unspecified atom stereocenters. The number of nitrogens with two attached hydrogens (primary N) is 1. The molecule has 1 aromatic carbocycles. The molecular weight excluding hydrogens is 229 g/mol. The smallest absolute Gasteiger partial charge is 0.314 e. The second-order valence-electron chi connectivity index (χ2n) is 3.54. The fourth-order valence-corrected chi connectivity index (χ4v) is 1.10. The molecule has 2 nitrogen and oxygen atoms in total. The van der Waals surface area contributed by atoms with Gasteiger partial charge in [-0.05, 0) is 6.08 Å². The van der Waals surface area contributed by atoms with Crippen LogP contribution < -0.4 is 5.73 Å². The summed E-state index contributed by atoms with van der Waals surface area (Å²) in [5.41, 5.74) is 2.82. The molecule has 2 rings (SSSR count). The van der Waals surface area contributed by atoms with Crippen LogP contribution in [-0.2, 0) is 0 Å². The van der Waals surface area contributed by atoms with Crippen LogP contribution in [0.3, 0.4) is 0 Å². The standard InChI is InChI=1S/C6H7F3N2.C6H6/c7-6(8,9)5(10)1-3-11-4-2-5;1-2-4-6-5-3-1/h1,3-4H,2,10H2;1-6H. The minimum Gasteiger partial charge on any atom is -0.314 e. The lowest BCUT2D eigenvalue weighted by molar-refractivity contribution is -0.169. The zero-order valence-corrected chi connectivity index (χ0v) is 9.06. The van der Waals surface area contributed by atoms with Gasteiger partial charge in [0, 0.05) is 18.8 Å². The molecular formula is C12H13F3N2. The van der Waals surface area contributed by atoms with E-state index >= 15 is 0 Å². The van der Waals surface area contributed by atoms with E-state index in [-0.39, 0.29) is 6.42 Å².